The predicted octanol–water partition coefficient (Wildman–Crippen LogP) is -0.537. The van der Waals surface area contributed by atoms with Crippen molar-refractivity contribution in [3.8, 4) is 0 Å². The van der Waals surface area contributed by atoms with Gasteiger partial charge in [0.15, 0.2) is 11.2 Å². The first-order valence-electron chi connectivity index (χ1n) is 7.56. The molecule has 0 aromatic carbocycles. The molecule has 24 heavy (non-hydrogen) atoms. The number of carbonyl (C=O) groups excluding carboxylic acids is 1. The summed E-state index contributed by atoms with van der Waals surface area (Å²) in [6.45, 7) is 4.32. The molecule has 2 aromatic rings. The fourth-order valence-electron chi connectivity index (χ4n) is 2.24. The average Bonchev–Trinajstić information content (AvgIpc) is 2.90. The van der Waals surface area contributed by atoms with Crippen LogP contribution >= 0.6 is 0 Å². The molecular formula is C14H22N6O4. The Morgan fingerprint density at radius 2 is 2.21 bits per heavy atom. The van der Waals surface area contributed by atoms with Crippen molar-refractivity contribution in [2.24, 2.45) is 5.92 Å². The van der Waals surface area contributed by atoms with Crippen LogP contribution in [0, 0.1) is 5.92 Å². The first-order valence-corrected chi connectivity index (χ1v) is 7.56. The zero-order valence-corrected chi connectivity index (χ0v) is 13.9. The van der Waals surface area contributed by atoms with E-state index in [1.54, 1.807) is 11.6 Å². The van der Waals surface area contributed by atoms with Crippen LogP contribution in [0.15, 0.2) is 11.1 Å². The lowest BCUT2D eigenvalue weighted by Crippen LogP contribution is -2.40. The highest BCUT2D eigenvalue weighted by atomic mass is 16.6. The van der Waals surface area contributed by atoms with Crippen molar-refractivity contribution in [1.29, 1.82) is 0 Å². The van der Waals surface area contributed by atoms with Gasteiger partial charge in [0.05, 0.1) is 12.9 Å². The number of fused-ring (bicyclic) bond motifs is 1. The molecule has 0 aliphatic heterocycles. The van der Waals surface area contributed by atoms with Gasteiger partial charge in [-0.1, -0.05) is 13.8 Å². The number of rotatable bonds is 8. The highest BCUT2D eigenvalue weighted by Crippen LogP contribution is 2.06. The Morgan fingerprint density at radius 1 is 1.46 bits per heavy atom. The number of hydrogen-bond acceptors (Lipinski definition) is 8. The summed E-state index contributed by atoms with van der Waals surface area (Å²) in [6.07, 6.45) is 1.44. The first-order chi connectivity index (χ1) is 11.4. The molecule has 0 saturated carbocycles. The first kappa shape index (κ1) is 17.9. The van der Waals surface area contributed by atoms with Crippen molar-refractivity contribution in [2.45, 2.75) is 26.6 Å². The fourth-order valence-corrected chi connectivity index (χ4v) is 2.24. The summed E-state index contributed by atoms with van der Waals surface area (Å²) in [5.41, 5.74) is 5.64. The van der Waals surface area contributed by atoms with Crippen molar-refractivity contribution < 1.29 is 14.3 Å². The Hall–Kier alpha value is -2.46. The van der Waals surface area contributed by atoms with Crippen LogP contribution in [0.4, 0.5) is 5.95 Å². The smallest absolute Gasteiger partial charge is 0.323 e. The summed E-state index contributed by atoms with van der Waals surface area (Å²) in [5, 5.41) is 2.91. The number of ether oxygens (including phenoxy) is 2. The molecule has 2 heterocycles. The SMILES string of the molecule is CN[C@H](C(=O)OCCOCn1cnc2c(=O)[nH]c(N)nc21)C(C)C. The molecule has 10 nitrogen and oxygen atoms in total. The van der Waals surface area contributed by atoms with Crippen LogP contribution < -0.4 is 16.6 Å². The number of likely N-dealkylation sites (N-methyl/N-ethyl adjacent to an activating group) is 1. The zero-order valence-electron chi connectivity index (χ0n) is 13.9. The molecule has 0 radical (unpaired) electrons. The predicted molar refractivity (Wildman–Crippen MR) is 87.2 cm³/mol. The molecule has 0 spiro atoms. The van der Waals surface area contributed by atoms with E-state index in [9.17, 15) is 9.59 Å². The van der Waals surface area contributed by atoms with Crippen LogP contribution in [-0.4, -0.2) is 51.8 Å². The zero-order chi connectivity index (χ0) is 17.7. The number of H-pyrrole nitrogens is 1. The van der Waals surface area contributed by atoms with Gasteiger partial charge in [-0.15, -0.1) is 0 Å². The number of nitrogens with two attached hydrogens (primary N) is 1. The third-order valence-electron chi connectivity index (χ3n) is 3.43. The van der Waals surface area contributed by atoms with Gasteiger partial charge in [0, 0.05) is 0 Å². The molecule has 0 bridgehead atoms. The van der Waals surface area contributed by atoms with Gasteiger partial charge in [0.1, 0.15) is 19.4 Å². The second kappa shape index (κ2) is 7.88. The molecule has 1 atom stereocenters. The van der Waals surface area contributed by atoms with E-state index < -0.39 is 5.56 Å². The molecule has 0 unspecified atom stereocenters. The number of aromatic nitrogens is 4. The minimum atomic E-state index is -0.406. The fraction of sp³-hybridized carbons (Fsp3) is 0.571. The third-order valence-corrected chi connectivity index (χ3v) is 3.43. The Kier molecular flexibility index (Phi) is 5.88. The van der Waals surface area contributed by atoms with Crippen LogP contribution in [0.1, 0.15) is 13.8 Å². The van der Waals surface area contributed by atoms with Crippen molar-refractivity contribution in [1.82, 2.24) is 24.8 Å². The number of esters is 1. The lowest BCUT2D eigenvalue weighted by Gasteiger charge is -2.18. The average molecular weight is 338 g/mol. The number of nitrogens with one attached hydrogen (secondary N) is 2. The molecule has 2 rings (SSSR count). The monoisotopic (exact) mass is 338 g/mol. The summed E-state index contributed by atoms with van der Waals surface area (Å²) in [4.78, 5) is 33.9. The summed E-state index contributed by atoms with van der Waals surface area (Å²) in [7, 11) is 1.72. The molecule has 10 heteroatoms. The summed E-state index contributed by atoms with van der Waals surface area (Å²) >= 11 is 0. The normalized spacial score (nSPS) is 12.7. The second-order valence-electron chi connectivity index (χ2n) is 5.55. The number of anilines is 1. The third kappa shape index (κ3) is 4.09. The lowest BCUT2D eigenvalue weighted by molar-refractivity contribution is -0.149. The molecule has 2 aromatic heterocycles. The van der Waals surface area contributed by atoms with Crippen molar-refractivity contribution in [3.63, 3.8) is 0 Å². The van der Waals surface area contributed by atoms with Crippen LogP contribution in [-0.2, 0) is 21.0 Å². The molecular weight excluding hydrogens is 316 g/mol. The number of aromatic amines is 1. The Balaban J connectivity index is 1.83. The number of carbonyl (C=O) groups is 1. The molecule has 0 fully saturated rings. The second-order valence-corrected chi connectivity index (χ2v) is 5.55. The van der Waals surface area contributed by atoms with Crippen molar-refractivity contribution in [2.75, 3.05) is 26.0 Å². The maximum absolute atomic E-state index is 11.8. The maximum Gasteiger partial charge on any atom is 0.323 e. The van der Waals surface area contributed by atoms with Crippen molar-refractivity contribution >= 4 is 23.1 Å². The number of nitrogen functional groups attached to an aromatic ring is 1. The quantitative estimate of drug-likeness (QED) is 0.431. The highest BCUT2D eigenvalue weighted by molar-refractivity contribution is 5.76. The van der Waals surface area contributed by atoms with Crippen LogP contribution in [0.3, 0.4) is 0 Å². The minimum Gasteiger partial charge on any atom is -0.462 e. The highest BCUT2D eigenvalue weighted by Gasteiger charge is 2.21. The lowest BCUT2D eigenvalue weighted by atomic mass is 10.1. The molecule has 4 N–H and O–H groups in total. The summed E-state index contributed by atoms with van der Waals surface area (Å²) < 4.78 is 12.1. The van der Waals surface area contributed by atoms with E-state index in [1.807, 2.05) is 13.8 Å². The maximum atomic E-state index is 11.8. The van der Waals surface area contributed by atoms with E-state index in [4.69, 9.17) is 15.2 Å². The summed E-state index contributed by atoms with van der Waals surface area (Å²) in [5.74, 6) is -0.171. The van der Waals surface area contributed by atoms with Crippen LogP contribution in [0.2, 0.25) is 0 Å². The van der Waals surface area contributed by atoms with E-state index in [1.165, 1.54) is 6.33 Å². The van der Waals surface area contributed by atoms with Gasteiger partial charge in [-0.3, -0.25) is 19.1 Å². The van der Waals surface area contributed by atoms with Gasteiger partial charge in [0.25, 0.3) is 5.56 Å². The topological polar surface area (TPSA) is 137 Å². The molecule has 0 saturated heterocycles. The Morgan fingerprint density at radius 3 is 2.88 bits per heavy atom. The minimum absolute atomic E-state index is 0.00923. The van der Waals surface area contributed by atoms with Crippen LogP contribution in [0.25, 0.3) is 11.2 Å². The Labute approximate surface area is 138 Å². The van der Waals surface area contributed by atoms with E-state index in [2.05, 4.69) is 20.3 Å². The number of hydrogen-bond donors (Lipinski definition) is 3. The van der Waals surface area contributed by atoms with Gasteiger partial charge in [-0.25, -0.2) is 4.98 Å². The van der Waals surface area contributed by atoms with Gasteiger partial charge in [-0.2, -0.15) is 4.98 Å². The molecule has 0 aliphatic carbocycles. The van der Waals surface area contributed by atoms with Crippen LogP contribution in [0.5, 0.6) is 0 Å². The van der Waals surface area contributed by atoms with E-state index in [0.29, 0.717) is 5.65 Å². The molecule has 0 amide bonds. The van der Waals surface area contributed by atoms with Gasteiger partial charge in [0.2, 0.25) is 5.95 Å². The van der Waals surface area contributed by atoms with Gasteiger partial charge < -0.3 is 20.5 Å². The van der Waals surface area contributed by atoms with Crippen molar-refractivity contribution in [3.05, 3.63) is 16.7 Å². The Bertz CT molecular complexity index is 753. The largest absolute Gasteiger partial charge is 0.462 e. The molecule has 0 aliphatic rings. The van der Waals surface area contributed by atoms with E-state index in [-0.39, 0.29) is 49.3 Å². The molecule has 132 valence electrons. The van der Waals surface area contributed by atoms with Gasteiger partial charge >= 0.3 is 5.97 Å². The van der Waals surface area contributed by atoms with E-state index in [0.717, 1.165) is 0 Å². The van der Waals surface area contributed by atoms with E-state index >= 15 is 0 Å². The number of nitrogens with zero attached hydrogens (tertiary/aromatic N) is 3. The number of imidazole rings is 1. The van der Waals surface area contributed by atoms with Gasteiger partial charge in [-0.05, 0) is 13.0 Å². The summed E-state index contributed by atoms with van der Waals surface area (Å²) in [6, 6.07) is -0.346. The standard InChI is InChI=1S/C14H22N6O4/c1-8(2)9(16-3)13(22)24-5-4-23-7-20-6-17-10-11(20)18-14(15)19-12(10)21/h6,8-9,16H,4-5,7H2,1-3H3,(H3,15,18,19,21)/t9-/m0/s1.